The standard InChI is InChI=1S/C10H17N3O3/c1-6(2)4-8(10(14)15)11-5-9-12-7(3)16-13-9/h6,8,11H,4-5H2,1-3H3,(H,14,15). The van der Waals surface area contributed by atoms with Gasteiger partial charge in [-0.15, -0.1) is 0 Å². The molecule has 6 heteroatoms. The second-order valence-corrected chi connectivity index (χ2v) is 4.13. The Kier molecular flexibility index (Phi) is 4.42. The van der Waals surface area contributed by atoms with Crippen LogP contribution in [0.1, 0.15) is 32.0 Å². The lowest BCUT2D eigenvalue weighted by atomic mass is 10.0. The maximum absolute atomic E-state index is 10.9. The molecule has 0 spiro atoms. The summed E-state index contributed by atoms with van der Waals surface area (Å²) in [6.45, 7) is 5.96. The topological polar surface area (TPSA) is 88.2 Å². The van der Waals surface area contributed by atoms with Gasteiger partial charge in [-0.25, -0.2) is 0 Å². The van der Waals surface area contributed by atoms with Crippen LogP contribution < -0.4 is 5.32 Å². The van der Waals surface area contributed by atoms with Gasteiger partial charge in [0.2, 0.25) is 5.89 Å². The minimum absolute atomic E-state index is 0.307. The Labute approximate surface area is 94.0 Å². The van der Waals surface area contributed by atoms with Crippen molar-refractivity contribution in [2.45, 2.75) is 39.8 Å². The molecule has 1 aromatic rings. The van der Waals surface area contributed by atoms with Crippen LogP contribution in [0, 0.1) is 12.8 Å². The van der Waals surface area contributed by atoms with E-state index in [9.17, 15) is 4.79 Å². The van der Waals surface area contributed by atoms with E-state index >= 15 is 0 Å². The number of aromatic nitrogens is 2. The van der Waals surface area contributed by atoms with E-state index in [2.05, 4.69) is 15.5 Å². The van der Waals surface area contributed by atoms with Crippen molar-refractivity contribution in [3.63, 3.8) is 0 Å². The van der Waals surface area contributed by atoms with Crippen molar-refractivity contribution in [1.29, 1.82) is 0 Å². The third-order valence-electron chi connectivity index (χ3n) is 2.08. The van der Waals surface area contributed by atoms with E-state index in [1.54, 1.807) is 6.92 Å². The first-order valence-electron chi connectivity index (χ1n) is 5.24. The van der Waals surface area contributed by atoms with Gasteiger partial charge in [-0.1, -0.05) is 19.0 Å². The van der Waals surface area contributed by atoms with E-state index in [4.69, 9.17) is 9.63 Å². The van der Waals surface area contributed by atoms with Crippen molar-refractivity contribution in [3.8, 4) is 0 Å². The van der Waals surface area contributed by atoms with Crippen molar-refractivity contribution < 1.29 is 14.4 Å². The van der Waals surface area contributed by atoms with Crippen molar-refractivity contribution in [2.75, 3.05) is 0 Å². The lowest BCUT2D eigenvalue weighted by molar-refractivity contribution is -0.140. The maximum atomic E-state index is 10.9. The van der Waals surface area contributed by atoms with Crippen molar-refractivity contribution in [3.05, 3.63) is 11.7 Å². The lowest BCUT2D eigenvalue weighted by Crippen LogP contribution is -2.37. The number of aryl methyl sites for hydroxylation is 1. The zero-order valence-corrected chi connectivity index (χ0v) is 9.73. The largest absolute Gasteiger partial charge is 0.480 e. The summed E-state index contributed by atoms with van der Waals surface area (Å²) in [6.07, 6.45) is 0.576. The Bertz CT molecular complexity index is 349. The maximum Gasteiger partial charge on any atom is 0.320 e. The molecule has 90 valence electrons. The molecule has 0 radical (unpaired) electrons. The Hall–Kier alpha value is -1.43. The first-order chi connectivity index (χ1) is 7.49. The molecule has 0 amide bonds. The summed E-state index contributed by atoms with van der Waals surface area (Å²) < 4.78 is 4.79. The van der Waals surface area contributed by atoms with E-state index in [0.717, 1.165) is 0 Å². The quantitative estimate of drug-likeness (QED) is 0.752. The van der Waals surface area contributed by atoms with E-state index in [1.807, 2.05) is 13.8 Å². The minimum Gasteiger partial charge on any atom is -0.480 e. The highest BCUT2D eigenvalue weighted by Gasteiger charge is 2.18. The number of hydrogen-bond acceptors (Lipinski definition) is 5. The summed E-state index contributed by atoms with van der Waals surface area (Å²) in [7, 11) is 0. The summed E-state index contributed by atoms with van der Waals surface area (Å²) in [6, 6.07) is -0.571. The first kappa shape index (κ1) is 12.6. The molecule has 1 atom stereocenters. The molecule has 1 unspecified atom stereocenters. The number of nitrogens with one attached hydrogen (secondary N) is 1. The number of rotatable bonds is 6. The molecule has 0 aliphatic rings. The zero-order valence-electron chi connectivity index (χ0n) is 9.73. The van der Waals surface area contributed by atoms with Crippen molar-refractivity contribution in [2.24, 2.45) is 5.92 Å². The van der Waals surface area contributed by atoms with Gasteiger partial charge in [0, 0.05) is 6.92 Å². The molecule has 0 aliphatic carbocycles. The van der Waals surface area contributed by atoms with Crippen molar-refractivity contribution >= 4 is 5.97 Å². The van der Waals surface area contributed by atoms with E-state index in [0.29, 0.717) is 30.6 Å². The highest BCUT2D eigenvalue weighted by molar-refractivity contribution is 5.73. The second kappa shape index (κ2) is 5.60. The molecule has 1 rings (SSSR count). The second-order valence-electron chi connectivity index (χ2n) is 4.13. The third-order valence-corrected chi connectivity index (χ3v) is 2.08. The first-order valence-corrected chi connectivity index (χ1v) is 5.24. The average Bonchev–Trinajstić information content (AvgIpc) is 2.58. The SMILES string of the molecule is Cc1nc(CNC(CC(C)C)C(=O)O)no1. The van der Waals surface area contributed by atoms with Crippen LogP contribution in [0.2, 0.25) is 0 Å². The van der Waals surface area contributed by atoms with Gasteiger partial charge in [0.15, 0.2) is 5.82 Å². The number of carboxylic acid groups (broad SMARTS) is 1. The molecule has 16 heavy (non-hydrogen) atoms. The molecule has 0 saturated carbocycles. The van der Waals surface area contributed by atoms with Gasteiger partial charge in [-0.2, -0.15) is 4.98 Å². The summed E-state index contributed by atoms with van der Waals surface area (Å²) in [5, 5.41) is 15.6. The predicted octanol–water partition coefficient (Wildman–Crippen LogP) is 0.967. The van der Waals surface area contributed by atoms with Gasteiger partial charge in [0.1, 0.15) is 6.04 Å². The molecule has 1 aromatic heterocycles. The third kappa shape index (κ3) is 3.98. The molecule has 2 N–H and O–H groups in total. The fourth-order valence-corrected chi connectivity index (χ4v) is 1.37. The summed E-state index contributed by atoms with van der Waals surface area (Å²) in [5.74, 6) is 0.426. The highest BCUT2D eigenvalue weighted by atomic mass is 16.5. The number of aliphatic carboxylic acids is 1. The van der Waals surface area contributed by atoms with Crippen LogP contribution in [0.25, 0.3) is 0 Å². The zero-order chi connectivity index (χ0) is 12.1. The van der Waals surface area contributed by atoms with E-state index < -0.39 is 12.0 Å². The number of nitrogens with zero attached hydrogens (tertiary/aromatic N) is 2. The van der Waals surface area contributed by atoms with Crippen LogP contribution >= 0.6 is 0 Å². The van der Waals surface area contributed by atoms with E-state index in [-0.39, 0.29) is 0 Å². The van der Waals surface area contributed by atoms with Gasteiger partial charge in [0.05, 0.1) is 6.54 Å². The highest BCUT2D eigenvalue weighted by Crippen LogP contribution is 2.05. The molecular formula is C10H17N3O3. The van der Waals surface area contributed by atoms with Crippen LogP contribution in [0.15, 0.2) is 4.52 Å². The molecule has 0 aromatic carbocycles. The molecule has 0 fully saturated rings. The molecule has 1 heterocycles. The summed E-state index contributed by atoms with van der Waals surface area (Å²) in [4.78, 5) is 14.9. The summed E-state index contributed by atoms with van der Waals surface area (Å²) >= 11 is 0. The van der Waals surface area contributed by atoms with Crippen LogP contribution in [0.4, 0.5) is 0 Å². The average molecular weight is 227 g/mol. The fourth-order valence-electron chi connectivity index (χ4n) is 1.37. The normalized spacial score (nSPS) is 13.0. The van der Waals surface area contributed by atoms with Gasteiger partial charge in [-0.05, 0) is 12.3 Å². The molecular weight excluding hydrogens is 210 g/mol. The summed E-state index contributed by atoms with van der Waals surface area (Å²) in [5.41, 5.74) is 0. The molecule has 0 saturated heterocycles. The molecule has 0 aliphatic heterocycles. The van der Waals surface area contributed by atoms with Gasteiger partial charge in [0.25, 0.3) is 0 Å². The number of carboxylic acids is 1. The Balaban J connectivity index is 2.46. The van der Waals surface area contributed by atoms with Crippen LogP contribution in [0.5, 0.6) is 0 Å². The van der Waals surface area contributed by atoms with Gasteiger partial charge < -0.3 is 9.63 Å². The van der Waals surface area contributed by atoms with Crippen LogP contribution in [-0.4, -0.2) is 27.3 Å². The Morgan fingerprint density at radius 3 is 2.69 bits per heavy atom. The molecule has 0 bridgehead atoms. The Morgan fingerprint density at radius 2 is 2.25 bits per heavy atom. The fraction of sp³-hybridized carbons (Fsp3) is 0.700. The van der Waals surface area contributed by atoms with Crippen LogP contribution in [0.3, 0.4) is 0 Å². The van der Waals surface area contributed by atoms with Crippen molar-refractivity contribution in [1.82, 2.24) is 15.5 Å². The predicted molar refractivity (Wildman–Crippen MR) is 56.8 cm³/mol. The number of hydrogen-bond donors (Lipinski definition) is 2. The molecule has 6 nitrogen and oxygen atoms in total. The van der Waals surface area contributed by atoms with Gasteiger partial charge in [-0.3, -0.25) is 10.1 Å². The smallest absolute Gasteiger partial charge is 0.320 e. The van der Waals surface area contributed by atoms with Crippen LogP contribution in [-0.2, 0) is 11.3 Å². The minimum atomic E-state index is -0.853. The number of carbonyl (C=O) groups is 1. The lowest BCUT2D eigenvalue weighted by Gasteiger charge is -2.14. The Morgan fingerprint density at radius 1 is 1.56 bits per heavy atom. The monoisotopic (exact) mass is 227 g/mol. The van der Waals surface area contributed by atoms with Gasteiger partial charge >= 0.3 is 5.97 Å². The van der Waals surface area contributed by atoms with E-state index in [1.165, 1.54) is 0 Å².